The molecule has 1 aromatic heterocycles. The lowest BCUT2D eigenvalue weighted by atomic mass is 10.0. The number of nitrogens with one attached hydrogen (secondary N) is 1. The molecule has 2 heterocycles. The molecule has 1 aliphatic heterocycles. The number of para-hydroxylation sites is 1. The lowest BCUT2D eigenvalue weighted by Crippen LogP contribution is -2.49. The monoisotopic (exact) mass is 337 g/mol. The molecule has 1 fully saturated rings. The van der Waals surface area contributed by atoms with Crippen molar-refractivity contribution in [3.8, 4) is 5.75 Å². The molecule has 0 saturated carbocycles. The fraction of sp³-hybridized carbons (Fsp3) is 0.429. The number of methoxy groups -OCH3 is 1. The number of rotatable bonds is 4. The van der Waals surface area contributed by atoms with Crippen LogP contribution in [0.2, 0.25) is 0 Å². The Kier molecular flexibility index (Phi) is 4.33. The molecular formula is C14H19N5O3S. The number of nitrogens with zero attached hydrogens (tertiary/aromatic N) is 4. The van der Waals surface area contributed by atoms with Gasteiger partial charge >= 0.3 is 0 Å². The van der Waals surface area contributed by atoms with Crippen LogP contribution < -0.4 is 10.1 Å². The fourth-order valence-electron chi connectivity index (χ4n) is 2.81. The minimum Gasteiger partial charge on any atom is -0.496 e. The summed E-state index contributed by atoms with van der Waals surface area (Å²) in [6, 6.07) is 7.12. The first-order chi connectivity index (χ1) is 11.1. The molecule has 3 rings (SSSR count). The van der Waals surface area contributed by atoms with Crippen molar-refractivity contribution < 1.29 is 13.2 Å². The van der Waals surface area contributed by atoms with Gasteiger partial charge in [-0.3, -0.25) is 0 Å². The number of ether oxygens (including phenoxy) is 1. The average molecular weight is 337 g/mol. The number of benzene rings is 1. The predicted molar refractivity (Wildman–Crippen MR) is 83.5 cm³/mol. The molecule has 124 valence electrons. The van der Waals surface area contributed by atoms with E-state index < -0.39 is 10.0 Å². The highest BCUT2D eigenvalue weighted by Gasteiger charge is 2.37. The molecule has 0 radical (unpaired) electrons. The Balaban J connectivity index is 2.04. The van der Waals surface area contributed by atoms with Crippen molar-refractivity contribution >= 4 is 10.0 Å². The second-order valence-corrected chi connectivity index (χ2v) is 7.11. The quantitative estimate of drug-likeness (QED) is 0.855. The summed E-state index contributed by atoms with van der Waals surface area (Å²) < 4.78 is 34.2. The van der Waals surface area contributed by atoms with Crippen molar-refractivity contribution in [2.24, 2.45) is 7.05 Å². The molecule has 0 bridgehead atoms. The Morgan fingerprint density at radius 2 is 2.13 bits per heavy atom. The SMILES string of the molecule is COc1ccccc1C1CNCCN1S(=O)(=O)c1cnnn1C. The molecule has 8 nitrogen and oxygen atoms in total. The third-order valence-electron chi connectivity index (χ3n) is 3.94. The van der Waals surface area contributed by atoms with Gasteiger partial charge in [-0.25, -0.2) is 13.1 Å². The molecule has 0 aliphatic carbocycles. The molecule has 0 amide bonds. The highest BCUT2D eigenvalue weighted by molar-refractivity contribution is 7.89. The van der Waals surface area contributed by atoms with E-state index in [1.165, 1.54) is 15.2 Å². The highest BCUT2D eigenvalue weighted by atomic mass is 32.2. The van der Waals surface area contributed by atoms with Gasteiger partial charge in [-0.1, -0.05) is 23.4 Å². The second kappa shape index (κ2) is 6.26. The van der Waals surface area contributed by atoms with Gasteiger partial charge in [0.15, 0.2) is 5.03 Å². The van der Waals surface area contributed by atoms with Gasteiger partial charge in [-0.05, 0) is 6.07 Å². The van der Waals surface area contributed by atoms with Crippen LogP contribution in [0, 0.1) is 0 Å². The van der Waals surface area contributed by atoms with Gasteiger partial charge in [-0.15, -0.1) is 5.10 Å². The number of hydrogen-bond donors (Lipinski definition) is 1. The maximum Gasteiger partial charge on any atom is 0.262 e. The number of aryl methyl sites for hydroxylation is 1. The van der Waals surface area contributed by atoms with Crippen LogP contribution in [0.3, 0.4) is 0 Å². The van der Waals surface area contributed by atoms with Gasteiger partial charge in [0.1, 0.15) is 5.75 Å². The molecule has 1 N–H and O–H groups in total. The first-order valence-electron chi connectivity index (χ1n) is 7.26. The molecule has 1 atom stereocenters. The van der Waals surface area contributed by atoms with Crippen molar-refractivity contribution in [1.82, 2.24) is 24.6 Å². The van der Waals surface area contributed by atoms with Gasteiger partial charge in [0.25, 0.3) is 10.0 Å². The van der Waals surface area contributed by atoms with Crippen molar-refractivity contribution in [1.29, 1.82) is 0 Å². The number of sulfonamides is 1. The van der Waals surface area contributed by atoms with Gasteiger partial charge < -0.3 is 10.1 Å². The van der Waals surface area contributed by atoms with E-state index in [4.69, 9.17) is 4.74 Å². The van der Waals surface area contributed by atoms with E-state index in [0.29, 0.717) is 25.4 Å². The van der Waals surface area contributed by atoms with E-state index in [2.05, 4.69) is 15.6 Å². The minimum absolute atomic E-state index is 0.0827. The average Bonchev–Trinajstić information content (AvgIpc) is 3.01. The lowest BCUT2D eigenvalue weighted by molar-refractivity contribution is 0.263. The lowest BCUT2D eigenvalue weighted by Gasteiger charge is -2.35. The van der Waals surface area contributed by atoms with Crippen LogP contribution in [0.5, 0.6) is 5.75 Å². The molecular weight excluding hydrogens is 318 g/mol. The van der Waals surface area contributed by atoms with E-state index in [1.807, 2.05) is 24.3 Å². The zero-order chi connectivity index (χ0) is 16.4. The van der Waals surface area contributed by atoms with Crippen molar-refractivity contribution in [3.05, 3.63) is 36.0 Å². The largest absolute Gasteiger partial charge is 0.496 e. The van der Waals surface area contributed by atoms with Crippen LogP contribution in [-0.4, -0.2) is 54.5 Å². The molecule has 1 saturated heterocycles. The van der Waals surface area contributed by atoms with E-state index in [0.717, 1.165) is 5.56 Å². The summed E-state index contributed by atoms with van der Waals surface area (Å²) in [5, 5.41) is 10.7. The van der Waals surface area contributed by atoms with Gasteiger partial charge in [0.2, 0.25) is 0 Å². The Labute approximate surface area is 135 Å². The van der Waals surface area contributed by atoms with Gasteiger partial charge in [0, 0.05) is 32.2 Å². The van der Waals surface area contributed by atoms with Crippen LogP contribution in [0.1, 0.15) is 11.6 Å². The predicted octanol–water partition coefficient (Wildman–Crippen LogP) is 0.159. The molecule has 1 unspecified atom stereocenters. The van der Waals surface area contributed by atoms with Crippen molar-refractivity contribution in [3.63, 3.8) is 0 Å². The second-order valence-electron chi connectivity index (χ2n) is 5.27. The van der Waals surface area contributed by atoms with Gasteiger partial charge in [0.05, 0.1) is 19.3 Å². The third kappa shape index (κ3) is 2.82. The summed E-state index contributed by atoms with van der Waals surface area (Å²) in [5.74, 6) is 0.671. The van der Waals surface area contributed by atoms with E-state index in [1.54, 1.807) is 14.2 Å². The summed E-state index contributed by atoms with van der Waals surface area (Å²) in [6.45, 7) is 1.48. The number of hydrogen-bond acceptors (Lipinski definition) is 6. The normalized spacial score (nSPS) is 19.7. The van der Waals surface area contributed by atoms with E-state index in [-0.39, 0.29) is 11.1 Å². The Hall–Kier alpha value is -1.97. The third-order valence-corrected chi connectivity index (χ3v) is 5.89. The fourth-order valence-corrected chi connectivity index (χ4v) is 4.46. The standard InChI is InChI=1S/C14H19N5O3S/c1-18-14(10-16-17-18)23(20,21)19-8-7-15-9-12(19)11-5-3-4-6-13(11)22-2/h3-6,10,12,15H,7-9H2,1-2H3. The molecule has 23 heavy (non-hydrogen) atoms. The topological polar surface area (TPSA) is 89.3 Å². The zero-order valence-corrected chi connectivity index (χ0v) is 13.8. The first-order valence-corrected chi connectivity index (χ1v) is 8.70. The molecule has 0 spiro atoms. The summed E-state index contributed by atoms with van der Waals surface area (Å²) in [6.07, 6.45) is 1.27. The molecule has 1 aliphatic rings. The van der Waals surface area contributed by atoms with Crippen LogP contribution in [0.15, 0.2) is 35.5 Å². The molecule has 2 aromatic rings. The van der Waals surface area contributed by atoms with E-state index >= 15 is 0 Å². The van der Waals surface area contributed by atoms with Crippen LogP contribution >= 0.6 is 0 Å². The molecule has 1 aromatic carbocycles. The minimum atomic E-state index is -3.70. The molecule has 9 heteroatoms. The van der Waals surface area contributed by atoms with Crippen molar-refractivity contribution in [2.45, 2.75) is 11.1 Å². The first kappa shape index (κ1) is 15.9. The van der Waals surface area contributed by atoms with Crippen LogP contribution in [-0.2, 0) is 17.1 Å². The van der Waals surface area contributed by atoms with E-state index in [9.17, 15) is 8.42 Å². The Morgan fingerprint density at radius 1 is 1.35 bits per heavy atom. The maximum atomic E-state index is 13.0. The van der Waals surface area contributed by atoms with Crippen LogP contribution in [0.4, 0.5) is 0 Å². The van der Waals surface area contributed by atoms with Gasteiger partial charge in [-0.2, -0.15) is 4.31 Å². The number of aromatic nitrogens is 3. The van der Waals surface area contributed by atoms with Crippen molar-refractivity contribution in [2.75, 3.05) is 26.7 Å². The maximum absolute atomic E-state index is 13.0. The summed E-state index contributed by atoms with van der Waals surface area (Å²) in [7, 11) is -0.544. The number of piperazine rings is 1. The van der Waals surface area contributed by atoms with Crippen LogP contribution in [0.25, 0.3) is 0 Å². The smallest absolute Gasteiger partial charge is 0.262 e. The summed E-state index contributed by atoms with van der Waals surface area (Å²) >= 11 is 0. The Bertz CT molecular complexity index is 789. The summed E-state index contributed by atoms with van der Waals surface area (Å²) in [5.41, 5.74) is 0.834. The Morgan fingerprint density at radius 3 is 2.83 bits per heavy atom. The summed E-state index contributed by atoms with van der Waals surface area (Å²) in [4.78, 5) is 0. The highest BCUT2D eigenvalue weighted by Crippen LogP contribution is 2.33. The zero-order valence-electron chi connectivity index (χ0n) is 13.0.